The van der Waals surface area contributed by atoms with Crippen LogP contribution in [0.5, 0.6) is 0 Å². The van der Waals surface area contributed by atoms with E-state index >= 15 is 0 Å². The number of ketones is 1. The van der Waals surface area contributed by atoms with Gasteiger partial charge < -0.3 is 5.73 Å². The van der Waals surface area contributed by atoms with Gasteiger partial charge in [-0.3, -0.25) is 9.48 Å². The van der Waals surface area contributed by atoms with Crippen molar-refractivity contribution in [3.63, 3.8) is 0 Å². The molecule has 0 fully saturated rings. The van der Waals surface area contributed by atoms with Crippen LogP contribution in [0.4, 0.5) is 0 Å². The minimum Gasteiger partial charge on any atom is -0.330 e. The van der Waals surface area contributed by atoms with Gasteiger partial charge in [0.1, 0.15) is 0 Å². The molecule has 1 aliphatic rings. The minimum atomic E-state index is 0.101. The van der Waals surface area contributed by atoms with Crippen molar-refractivity contribution in [1.82, 2.24) is 9.78 Å². The third-order valence-electron chi connectivity index (χ3n) is 2.89. The first-order valence-electron chi connectivity index (χ1n) is 4.98. The van der Waals surface area contributed by atoms with Gasteiger partial charge in [-0.15, -0.1) is 0 Å². The zero-order chi connectivity index (χ0) is 10.1. The van der Waals surface area contributed by atoms with Gasteiger partial charge in [0.15, 0.2) is 5.78 Å². The van der Waals surface area contributed by atoms with Gasteiger partial charge in [-0.25, -0.2) is 0 Å². The second-order valence-electron chi connectivity index (χ2n) is 3.88. The van der Waals surface area contributed by atoms with Crippen molar-refractivity contribution in [1.29, 1.82) is 0 Å². The maximum absolute atomic E-state index is 11.3. The van der Waals surface area contributed by atoms with Crippen LogP contribution in [0, 0.1) is 5.92 Å². The molecule has 1 unspecified atom stereocenters. The number of hydrogen-bond acceptors (Lipinski definition) is 3. The summed E-state index contributed by atoms with van der Waals surface area (Å²) in [5.74, 6) is 0.612. The van der Waals surface area contributed by atoms with E-state index in [0.717, 1.165) is 30.6 Å². The summed E-state index contributed by atoms with van der Waals surface area (Å²) in [6, 6.07) is 0. The average Bonchev–Trinajstić information content (AvgIpc) is 2.59. The Bertz CT molecular complexity index is 356. The molecule has 2 N–H and O–H groups in total. The summed E-state index contributed by atoms with van der Waals surface area (Å²) in [6.07, 6.45) is 3.64. The molecule has 0 aromatic carbocycles. The van der Waals surface area contributed by atoms with Crippen LogP contribution in [0.15, 0.2) is 6.20 Å². The molecule has 1 atom stereocenters. The highest BCUT2D eigenvalue weighted by Gasteiger charge is 2.22. The number of Topliss-reactive ketones (excluding diaryl/α,β-unsaturated/α-hetero) is 1. The number of hydrogen-bond donors (Lipinski definition) is 1. The monoisotopic (exact) mass is 193 g/mol. The summed E-state index contributed by atoms with van der Waals surface area (Å²) in [7, 11) is 0. The minimum absolute atomic E-state index is 0.101. The Morgan fingerprint density at radius 3 is 3.21 bits per heavy atom. The number of aromatic nitrogens is 2. The van der Waals surface area contributed by atoms with Crippen LogP contribution in [-0.2, 0) is 13.0 Å². The Balaban J connectivity index is 2.32. The standard InChI is InChI=1S/C10H15N3O/c1-7(14)9-6-12-13-3-2-8(5-11)4-10(9)13/h6,8H,2-5,11H2,1H3. The summed E-state index contributed by atoms with van der Waals surface area (Å²) in [5, 5.41) is 4.20. The van der Waals surface area contributed by atoms with Crippen molar-refractivity contribution in [3.8, 4) is 0 Å². The highest BCUT2D eigenvalue weighted by atomic mass is 16.1. The van der Waals surface area contributed by atoms with E-state index in [1.54, 1.807) is 13.1 Å². The van der Waals surface area contributed by atoms with E-state index < -0.39 is 0 Å². The molecular weight excluding hydrogens is 178 g/mol. The lowest BCUT2D eigenvalue weighted by Crippen LogP contribution is -2.26. The zero-order valence-corrected chi connectivity index (χ0v) is 8.36. The molecule has 0 saturated carbocycles. The molecule has 4 nitrogen and oxygen atoms in total. The summed E-state index contributed by atoms with van der Waals surface area (Å²) < 4.78 is 1.93. The van der Waals surface area contributed by atoms with Crippen LogP contribution in [0.3, 0.4) is 0 Å². The van der Waals surface area contributed by atoms with E-state index in [-0.39, 0.29) is 5.78 Å². The van der Waals surface area contributed by atoms with Crippen molar-refractivity contribution >= 4 is 5.78 Å². The molecule has 0 spiro atoms. The highest BCUT2D eigenvalue weighted by Crippen LogP contribution is 2.22. The van der Waals surface area contributed by atoms with E-state index in [1.165, 1.54) is 0 Å². The fourth-order valence-corrected chi connectivity index (χ4v) is 1.99. The third-order valence-corrected chi connectivity index (χ3v) is 2.89. The smallest absolute Gasteiger partial charge is 0.163 e. The maximum Gasteiger partial charge on any atom is 0.163 e. The second-order valence-corrected chi connectivity index (χ2v) is 3.88. The normalized spacial score (nSPS) is 20.6. The third kappa shape index (κ3) is 1.46. The number of carbonyl (C=O) groups is 1. The Hall–Kier alpha value is -1.16. The number of nitrogens with two attached hydrogens (primary N) is 1. The Morgan fingerprint density at radius 2 is 2.57 bits per heavy atom. The quantitative estimate of drug-likeness (QED) is 0.700. The van der Waals surface area contributed by atoms with Gasteiger partial charge in [-0.1, -0.05) is 0 Å². The van der Waals surface area contributed by atoms with E-state index in [0.29, 0.717) is 12.5 Å². The Labute approximate surface area is 83.1 Å². The van der Waals surface area contributed by atoms with E-state index in [4.69, 9.17) is 5.73 Å². The number of carbonyl (C=O) groups excluding carboxylic acids is 1. The first kappa shape index (κ1) is 9.40. The van der Waals surface area contributed by atoms with E-state index in [2.05, 4.69) is 5.10 Å². The molecule has 4 heteroatoms. The first-order valence-corrected chi connectivity index (χ1v) is 4.98. The molecule has 14 heavy (non-hydrogen) atoms. The molecule has 0 radical (unpaired) electrons. The number of nitrogens with zero attached hydrogens (tertiary/aromatic N) is 2. The van der Waals surface area contributed by atoms with Crippen LogP contribution in [0.2, 0.25) is 0 Å². The van der Waals surface area contributed by atoms with Gasteiger partial charge >= 0.3 is 0 Å². The molecule has 1 aromatic rings. The maximum atomic E-state index is 11.3. The summed E-state index contributed by atoms with van der Waals surface area (Å²) in [5.41, 5.74) is 7.48. The number of aryl methyl sites for hydroxylation is 1. The van der Waals surface area contributed by atoms with Crippen molar-refractivity contribution in [3.05, 3.63) is 17.5 Å². The van der Waals surface area contributed by atoms with Gasteiger partial charge in [0, 0.05) is 12.2 Å². The number of rotatable bonds is 2. The van der Waals surface area contributed by atoms with Crippen LogP contribution >= 0.6 is 0 Å². The summed E-state index contributed by atoms with van der Waals surface area (Å²) >= 11 is 0. The molecule has 0 saturated heterocycles. The van der Waals surface area contributed by atoms with Gasteiger partial charge in [0.25, 0.3) is 0 Å². The van der Waals surface area contributed by atoms with Crippen LogP contribution < -0.4 is 5.73 Å². The summed E-state index contributed by atoms with van der Waals surface area (Å²) in [4.78, 5) is 11.3. The average molecular weight is 193 g/mol. The predicted octanol–water partition coefficient (Wildman–Crippen LogP) is 0.607. The lowest BCUT2D eigenvalue weighted by atomic mass is 9.94. The fraction of sp³-hybridized carbons (Fsp3) is 0.600. The number of fused-ring (bicyclic) bond motifs is 1. The van der Waals surface area contributed by atoms with Crippen molar-refractivity contribution < 1.29 is 4.79 Å². The molecule has 0 bridgehead atoms. The van der Waals surface area contributed by atoms with E-state index in [1.807, 2.05) is 4.68 Å². The highest BCUT2D eigenvalue weighted by molar-refractivity contribution is 5.95. The second kappa shape index (κ2) is 3.53. The van der Waals surface area contributed by atoms with E-state index in [9.17, 15) is 4.79 Å². The Kier molecular flexibility index (Phi) is 2.37. The largest absolute Gasteiger partial charge is 0.330 e. The van der Waals surface area contributed by atoms with Crippen molar-refractivity contribution in [2.24, 2.45) is 11.7 Å². The van der Waals surface area contributed by atoms with Gasteiger partial charge in [-0.05, 0) is 32.2 Å². The first-order chi connectivity index (χ1) is 6.72. The van der Waals surface area contributed by atoms with Gasteiger partial charge in [0.05, 0.1) is 11.8 Å². The fourth-order valence-electron chi connectivity index (χ4n) is 1.99. The van der Waals surface area contributed by atoms with Crippen LogP contribution in [0.1, 0.15) is 29.4 Å². The molecule has 0 aliphatic carbocycles. The van der Waals surface area contributed by atoms with Crippen molar-refractivity contribution in [2.45, 2.75) is 26.3 Å². The Morgan fingerprint density at radius 1 is 1.79 bits per heavy atom. The SMILES string of the molecule is CC(=O)c1cnn2c1CC(CN)CC2. The predicted molar refractivity (Wildman–Crippen MR) is 53.1 cm³/mol. The topological polar surface area (TPSA) is 60.9 Å². The van der Waals surface area contributed by atoms with Crippen molar-refractivity contribution in [2.75, 3.05) is 6.54 Å². The molecule has 1 aliphatic heterocycles. The molecular formula is C10H15N3O. The molecule has 0 amide bonds. The van der Waals surface area contributed by atoms with Gasteiger partial charge in [-0.2, -0.15) is 5.10 Å². The lowest BCUT2D eigenvalue weighted by molar-refractivity contribution is 0.101. The zero-order valence-electron chi connectivity index (χ0n) is 8.36. The van der Waals surface area contributed by atoms with Crippen LogP contribution in [-0.4, -0.2) is 22.1 Å². The summed E-state index contributed by atoms with van der Waals surface area (Å²) in [6.45, 7) is 3.18. The van der Waals surface area contributed by atoms with Gasteiger partial charge in [0.2, 0.25) is 0 Å². The molecule has 76 valence electrons. The molecule has 2 rings (SSSR count). The lowest BCUT2D eigenvalue weighted by Gasteiger charge is -2.22. The molecule has 2 heterocycles. The van der Waals surface area contributed by atoms with Crippen LogP contribution in [0.25, 0.3) is 0 Å². The molecule has 1 aromatic heterocycles.